The van der Waals surface area contributed by atoms with Gasteiger partial charge in [-0.2, -0.15) is 0 Å². The number of hydrogen-bond acceptors (Lipinski definition) is 3. The number of halogens is 1. The first-order chi connectivity index (χ1) is 7.15. The van der Waals surface area contributed by atoms with Crippen LogP contribution in [-0.4, -0.2) is 17.3 Å². The Bertz CT molecular complexity index is 321. The fraction of sp³-hybridized carbons (Fsp3) is 0.636. The van der Waals surface area contributed by atoms with Gasteiger partial charge in [0.05, 0.1) is 10.4 Å². The summed E-state index contributed by atoms with van der Waals surface area (Å²) >= 11 is 5.30. The van der Waals surface area contributed by atoms with E-state index in [0.29, 0.717) is 0 Å². The molecule has 1 aromatic heterocycles. The molecule has 1 aromatic rings. The van der Waals surface area contributed by atoms with Gasteiger partial charge in [0.15, 0.2) is 0 Å². The predicted molar refractivity (Wildman–Crippen MR) is 67.3 cm³/mol. The van der Waals surface area contributed by atoms with E-state index in [2.05, 4.69) is 34.2 Å². The average molecular weight is 290 g/mol. The number of thiophene rings is 1. The Kier molecular flexibility index (Phi) is 3.50. The highest BCUT2D eigenvalue weighted by molar-refractivity contribution is 9.11. The van der Waals surface area contributed by atoms with E-state index in [9.17, 15) is 5.11 Å². The fourth-order valence-corrected chi connectivity index (χ4v) is 3.45. The highest BCUT2D eigenvalue weighted by Crippen LogP contribution is 2.33. The van der Waals surface area contributed by atoms with E-state index in [1.807, 2.05) is 0 Å². The molecule has 15 heavy (non-hydrogen) atoms. The van der Waals surface area contributed by atoms with Crippen molar-refractivity contribution < 1.29 is 5.11 Å². The number of aliphatic hydroxyl groups excluding tert-OH is 1. The van der Waals surface area contributed by atoms with Crippen LogP contribution in [0, 0.1) is 6.92 Å². The third-order valence-electron chi connectivity index (χ3n) is 3.16. The van der Waals surface area contributed by atoms with Crippen molar-refractivity contribution in [3.63, 3.8) is 0 Å². The van der Waals surface area contributed by atoms with Gasteiger partial charge in [0.25, 0.3) is 0 Å². The van der Waals surface area contributed by atoms with Crippen LogP contribution in [0.2, 0.25) is 0 Å². The van der Waals surface area contributed by atoms with Crippen molar-refractivity contribution in [3.8, 4) is 0 Å². The molecule has 84 valence electrons. The van der Waals surface area contributed by atoms with Gasteiger partial charge < -0.3 is 10.4 Å². The maximum atomic E-state index is 9.31. The van der Waals surface area contributed by atoms with Gasteiger partial charge in [-0.05, 0) is 53.7 Å². The minimum Gasteiger partial charge on any atom is -0.394 e. The van der Waals surface area contributed by atoms with Crippen LogP contribution in [0.5, 0.6) is 0 Å². The van der Waals surface area contributed by atoms with Crippen molar-refractivity contribution in [2.45, 2.75) is 38.3 Å². The molecule has 0 amide bonds. The van der Waals surface area contributed by atoms with Crippen LogP contribution >= 0.6 is 27.3 Å². The molecule has 0 saturated heterocycles. The van der Waals surface area contributed by atoms with Crippen molar-refractivity contribution in [3.05, 3.63) is 20.3 Å². The van der Waals surface area contributed by atoms with Crippen molar-refractivity contribution in [1.29, 1.82) is 0 Å². The summed E-state index contributed by atoms with van der Waals surface area (Å²) in [6, 6.07) is 2.20. The Morgan fingerprint density at radius 1 is 1.60 bits per heavy atom. The Hall–Kier alpha value is 0.100. The lowest BCUT2D eigenvalue weighted by molar-refractivity contribution is 0.0875. The predicted octanol–water partition coefficient (Wildman–Crippen LogP) is 2.82. The summed E-state index contributed by atoms with van der Waals surface area (Å²) in [7, 11) is 0. The van der Waals surface area contributed by atoms with Crippen LogP contribution in [-0.2, 0) is 6.54 Å². The van der Waals surface area contributed by atoms with Crippen LogP contribution in [0.15, 0.2) is 9.85 Å². The molecule has 0 unspecified atom stereocenters. The Labute approximate surface area is 103 Å². The average Bonchev–Trinajstić information content (AvgIpc) is 2.45. The molecule has 1 fully saturated rings. The summed E-state index contributed by atoms with van der Waals surface area (Å²) in [5.41, 5.74) is 1.31. The highest BCUT2D eigenvalue weighted by Gasteiger charge is 2.35. The third-order valence-corrected chi connectivity index (χ3v) is 5.30. The maximum Gasteiger partial charge on any atom is 0.0730 e. The SMILES string of the molecule is Cc1cc(CNC2(CO)CCC2)sc1Br. The number of rotatable bonds is 4. The van der Waals surface area contributed by atoms with Crippen molar-refractivity contribution in [1.82, 2.24) is 5.32 Å². The quantitative estimate of drug-likeness (QED) is 0.893. The molecule has 1 aliphatic rings. The first-order valence-corrected chi connectivity index (χ1v) is 6.87. The van der Waals surface area contributed by atoms with E-state index >= 15 is 0 Å². The van der Waals surface area contributed by atoms with Gasteiger partial charge in [0.2, 0.25) is 0 Å². The zero-order chi connectivity index (χ0) is 10.9. The largest absolute Gasteiger partial charge is 0.394 e. The fourth-order valence-electron chi connectivity index (χ4n) is 1.88. The first kappa shape index (κ1) is 11.6. The highest BCUT2D eigenvalue weighted by atomic mass is 79.9. The first-order valence-electron chi connectivity index (χ1n) is 5.26. The smallest absolute Gasteiger partial charge is 0.0730 e. The number of aryl methyl sites for hydroxylation is 1. The van der Waals surface area contributed by atoms with E-state index in [4.69, 9.17) is 0 Å². The second-order valence-electron chi connectivity index (χ2n) is 4.31. The van der Waals surface area contributed by atoms with E-state index in [1.165, 1.54) is 20.6 Å². The zero-order valence-electron chi connectivity index (χ0n) is 8.85. The molecule has 0 aliphatic heterocycles. The normalized spacial score (nSPS) is 18.9. The van der Waals surface area contributed by atoms with E-state index in [0.717, 1.165) is 19.4 Å². The monoisotopic (exact) mass is 289 g/mol. The summed E-state index contributed by atoms with van der Waals surface area (Å²) in [6.07, 6.45) is 3.45. The Balaban J connectivity index is 1.92. The van der Waals surface area contributed by atoms with Crippen LogP contribution in [0.4, 0.5) is 0 Å². The number of nitrogens with one attached hydrogen (secondary N) is 1. The lowest BCUT2D eigenvalue weighted by Gasteiger charge is -2.41. The van der Waals surface area contributed by atoms with Crippen LogP contribution < -0.4 is 5.32 Å². The summed E-state index contributed by atoms with van der Waals surface area (Å²) in [6.45, 7) is 3.24. The molecule has 0 spiro atoms. The van der Waals surface area contributed by atoms with Gasteiger partial charge in [-0.1, -0.05) is 0 Å². The van der Waals surface area contributed by atoms with Gasteiger partial charge in [-0.25, -0.2) is 0 Å². The lowest BCUT2D eigenvalue weighted by Crippen LogP contribution is -2.53. The molecule has 2 N–H and O–H groups in total. The van der Waals surface area contributed by atoms with E-state index in [1.54, 1.807) is 11.3 Å². The molecule has 1 aliphatic carbocycles. The lowest BCUT2D eigenvalue weighted by atomic mass is 9.77. The van der Waals surface area contributed by atoms with Gasteiger partial charge >= 0.3 is 0 Å². The maximum absolute atomic E-state index is 9.31. The van der Waals surface area contributed by atoms with Crippen LogP contribution in [0.3, 0.4) is 0 Å². The van der Waals surface area contributed by atoms with Crippen molar-refractivity contribution >= 4 is 27.3 Å². The van der Waals surface area contributed by atoms with Crippen LogP contribution in [0.25, 0.3) is 0 Å². The summed E-state index contributed by atoms with van der Waals surface area (Å²) < 4.78 is 1.21. The van der Waals surface area contributed by atoms with E-state index in [-0.39, 0.29) is 12.1 Å². The molecular formula is C11H16BrNOS. The third kappa shape index (κ3) is 2.44. The van der Waals surface area contributed by atoms with E-state index < -0.39 is 0 Å². The van der Waals surface area contributed by atoms with Crippen molar-refractivity contribution in [2.75, 3.05) is 6.61 Å². The number of hydrogen-bond donors (Lipinski definition) is 2. The molecule has 1 heterocycles. The summed E-state index contributed by atoms with van der Waals surface area (Å²) in [4.78, 5) is 1.33. The molecule has 1 saturated carbocycles. The summed E-state index contributed by atoms with van der Waals surface area (Å²) in [5.74, 6) is 0. The molecule has 2 rings (SSSR count). The van der Waals surface area contributed by atoms with Gasteiger partial charge in [-0.15, -0.1) is 11.3 Å². The molecular weight excluding hydrogens is 274 g/mol. The molecule has 0 aromatic carbocycles. The minimum atomic E-state index is 0.0182. The van der Waals surface area contributed by atoms with Gasteiger partial charge in [0.1, 0.15) is 0 Å². The standard InChI is InChI=1S/C11H16BrNOS/c1-8-5-9(15-10(8)12)6-13-11(7-14)3-2-4-11/h5,13-14H,2-4,6-7H2,1H3. The second kappa shape index (κ2) is 4.53. The molecule has 2 nitrogen and oxygen atoms in total. The van der Waals surface area contributed by atoms with Crippen LogP contribution in [0.1, 0.15) is 29.7 Å². The second-order valence-corrected chi connectivity index (χ2v) is 6.77. The molecule has 4 heteroatoms. The molecule has 0 atom stereocenters. The minimum absolute atomic E-state index is 0.0182. The van der Waals surface area contributed by atoms with Crippen molar-refractivity contribution in [2.24, 2.45) is 0 Å². The zero-order valence-corrected chi connectivity index (χ0v) is 11.2. The van der Waals surface area contributed by atoms with Gasteiger partial charge in [0, 0.05) is 17.0 Å². The molecule has 0 bridgehead atoms. The van der Waals surface area contributed by atoms with Gasteiger partial charge in [-0.3, -0.25) is 0 Å². The Morgan fingerprint density at radius 3 is 2.73 bits per heavy atom. The number of aliphatic hydroxyl groups is 1. The molecule has 0 radical (unpaired) electrons. The topological polar surface area (TPSA) is 32.3 Å². The Morgan fingerprint density at radius 2 is 2.33 bits per heavy atom. The summed E-state index contributed by atoms with van der Waals surface area (Å²) in [5, 5.41) is 12.8.